The highest BCUT2D eigenvalue weighted by atomic mass is 16.7. The molecule has 4 aliphatic heterocycles. The molecule has 7 rings (SSSR count). The molecule has 2 amide bonds. The number of esters is 1. The molecule has 2 aliphatic carbocycles. The summed E-state index contributed by atoms with van der Waals surface area (Å²) in [7, 11) is 1.59. The molecule has 54 heavy (non-hydrogen) atoms. The first kappa shape index (κ1) is 38.9. The fourth-order valence-corrected chi connectivity index (χ4v) is 9.55. The smallest absolute Gasteiger partial charge is 0.318 e. The third-order valence-electron chi connectivity index (χ3n) is 12.7. The van der Waals surface area contributed by atoms with E-state index < -0.39 is 41.6 Å². The summed E-state index contributed by atoms with van der Waals surface area (Å²) in [5, 5.41) is 29.0. The van der Waals surface area contributed by atoms with Crippen molar-refractivity contribution in [3.63, 3.8) is 0 Å². The molecule has 1 aromatic carbocycles. The maximum atomic E-state index is 14.2. The second-order valence-corrected chi connectivity index (χ2v) is 16.5. The van der Waals surface area contributed by atoms with Crippen LogP contribution in [0.25, 0.3) is 0 Å². The number of aliphatic hydroxyl groups excluding tert-OH is 1. The van der Waals surface area contributed by atoms with Crippen LogP contribution >= 0.6 is 0 Å². The van der Waals surface area contributed by atoms with Gasteiger partial charge in [0.25, 0.3) is 0 Å². The summed E-state index contributed by atoms with van der Waals surface area (Å²) in [4.78, 5) is 26.1. The predicted octanol–water partition coefficient (Wildman–Crippen LogP) is 5.84. The van der Waals surface area contributed by atoms with Crippen LogP contribution in [0.3, 0.4) is 0 Å². The number of ether oxygens (including phenoxy) is 5. The zero-order chi connectivity index (χ0) is 38.4. The van der Waals surface area contributed by atoms with Crippen LogP contribution in [0.4, 0.5) is 10.5 Å². The Morgan fingerprint density at radius 1 is 1.09 bits per heavy atom. The van der Waals surface area contributed by atoms with Crippen molar-refractivity contribution in [1.29, 1.82) is 0 Å². The summed E-state index contributed by atoms with van der Waals surface area (Å²) < 4.78 is 33.0. The van der Waals surface area contributed by atoms with Gasteiger partial charge in [-0.05, 0) is 91.8 Å². The minimum absolute atomic E-state index is 0.0378. The van der Waals surface area contributed by atoms with Gasteiger partial charge >= 0.3 is 12.0 Å². The summed E-state index contributed by atoms with van der Waals surface area (Å²) in [6, 6.07) is 5.75. The molecule has 3 saturated heterocycles. The van der Waals surface area contributed by atoms with Crippen LogP contribution in [0.1, 0.15) is 84.3 Å². The number of hydrogen-bond acceptors (Lipinski definition) is 9. The zero-order valence-electron chi connectivity index (χ0n) is 32.5. The van der Waals surface area contributed by atoms with Crippen molar-refractivity contribution in [3.8, 4) is 0 Å². The van der Waals surface area contributed by atoms with Crippen LogP contribution < -0.4 is 10.6 Å². The number of benzene rings is 1. The number of nitrogens with one attached hydrogen (secondary N) is 2. The van der Waals surface area contributed by atoms with Crippen molar-refractivity contribution in [2.24, 2.45) is 17.8 Å². The largest absolute Gasteiger partial charge is 0.462 e. The lowest BCUT2D eigenvalue weighted by Crippen LogP contribution is -2.58. The molecule has 2 bridgehead atoms. The quantitative estimate of drug-likeness (QED) is 0.221. The first-order valence-electron chi connectivity index (χ1n) is 19.9. The second-order valence-electron chi connectivity index (χ2n) is 16.5. The van der Waals surface area contributed by atoms with Crippen molar-refractivity contribution in [2.75, 3.05) is 19.0 Å². The van der Waals surface area contributed by atoms with Crippen molar-refractivity contribution in [3.05, 3.63) is 76.4 Å². The van der Waals surface area contributed by atoms with Gasteiger partial charge in [-0.25, -0.2) is 4.79 Å². The Bertz CT molecular complexity index is 1720. The highest BCUT2D eigenvalue weighted by molar-refractivity contribution is 5.89. The lowest BCUT2D eigenvalue weighted by atomic mass is 9.71. The molecular weight excluding hydrogens is 688 g/mol. The van der Waals surface area contributed by atoms with Gasteiger partial charge in [-0.3, -0.25) is 4.79 Å². The standard InChI is InChI=1S/C43H58N2O9/c1-7-36-24(2)15-16-42(54-36)22-34-21-32(53-42)14-11-26(4)38(51-33-19-28-12-13-31(18-29(28)20-33)45-41(48)44-6)25(3)9-8-10-30-23-50-39-37(46)27(5)17-35(40(47)52-34)43(30,39)49/h8-13,17-18,24-25,32-39,46,49H,7,14-16,19-23H2,1-6H3,(H2,44,45,48)/b9-8+,26-11+,30-10+/t24-,25-,32+,33+,34-,35-,36+,37+,38+,39+,42+,43+/m0/s1. The van der Waals surface area contributed by atoms with E-state index in [4.69, 9.17) is 23.7 Å². The van der Waals surface area contributed by atoms with Crippen LogP contribution in [0.2, 0.25) is 0 Å². The first-order chi connectivity index (χ1) is 25.8. The van der Waals surface area contributed by atoms with Gasteiger partial charge in [0, 0.05) is 37.9 Å². The summed E-state index contributed by atoms with van der Waals surface area (Å²) in [6.45, 7) is 10.4. The SMILES string of the molecule is CC[C@H]1O[C@]2(CC[C@@H]1C)C[C@@H]1C[C@@H](C/C=C(\C)[C@H](O[C@@H]3Cc4ccc(NC(=O)NC)cc4C3)[C@@H](C)/C=C/C=C3\CO[C@@H]4[C@H](O)C(C)=C[C@@H](C(=O)O1)[C@]34O)O2. The van der Waals surface area contributed by atoms with Gasteiger partial charge in [0.05, 0.1) is 31.0 Å². The summed E-state index contributed by atoms with van der Waals surface area (Å²) in [5.74, 6) is -2.14. The van der Waals surface area contributed by atoms with Crippen LogP contribution in [0.15, 0.2) is 65.3 Å². The molecule has 4 N–H and O–H groups in total. The summed E-state index contributed by atoms with van der Waals surface area (Å²) in [5.41, 5.74) is 3.48. The van der Waals surface area contributed by atoms with Crippen molar-refractivity contribution < 1.29 is 43.5 Å². The van der Waals surface area contributed by atoms with Crippen LogP contribution in [-0.2, 0) is 41.3 Å². The molecule has 4 heterocycles. The van der Waals surface area contributed by atoms with Crippen LogP contribution in [0.5, 0.6) is 0 Å². The Hall–Kier alpha value is -3.32. The van der Waals surface area contributed by atoms with E-state index in [2.05, 4.69) is 56.5 Å². The third-order valence-corrected chi connectivity index (χ3v) is 12.7. The average molecular weight is 747 g/mol. The minimum atomic E-state index is -1.78. The average Bonchev–Trinajstić information content (AvgIpc) is 3.71. The topological polar surface area (TPSA) is 145 Å². The number of urea groups is 1. The number of fused-ring (bicyclic) bond motifs is 3. The molecule has 11 heteroatoms. The van der Waals surface area contributed by atoms with Gasteiger partial charge < -0.3 is 44.5 Å². The van der Waals surface area contributed by atoms with E-state index in [0.29, 0.717) is 42.7 Å². The molecule has 0 radical (unpaired) electrons. The number of allylic oxidation sites excluding steroid dienone is 2. The maximum Gasteiger partial charge on any atom is 0.318 e. The molecule has 0 saturated carbocycles. The van der Waals surface area contributed by atoms with Gasteiger partial charge in [-0.1, -0.05) is 57.2 Å². The molecule has 11 nitrogen and oxygen atoms in total. The highest BCUT2D eigenvalue weighted by Crippen LogP contribution is 2.47. The van der Waals surface area contributed by atoms with Crippen molar-refractivity contribution in [2.45, 2.75) is 140 Å². The molecule has 3 fully saturated rings. The lowest BCUT2D eigenvalue weighted by Gasteiger charge is -2.50. The molecule has 12 atom stereocenters. The minimum Gasteiger partial charge on any atom is -0.462 e. The Balaban J connectivity index is 1.21. The monoisotopic (exact) mass is 746 g/mol. The van der Waals surface area contributed by atoms with E-state index in [1.165, 1.54) is 5.56 Å². The van der Waals surface area contributed by atoms with Crippen molar-refractivity contribution >= 4 is 17.7 Å². The van der Waals surface area contributed by atoms with Crippen LogP contribution in [0, 0.1) is 17.8 Å². The Labute approximate surface area is 319 Å². The van der Waals surface area contributed by atoms with E-state index >= 15 is 0 Å². The molecule has 0 aromatic heterocycles. The normalized spacial score (nSPS) is 42.0. The summed E-state index contributed by atoms with van der Waals surface area (Å²) in [6.07, 6.45) is 12.0. The van der Waals surface area contributed by atoms with Crippen LogP contribution in [-0.4, -0.2) is 90.0 Å². The molecule has 1 spiro atoms. The second kappa shape index (κ2) is 15.7. The predicted molar refractivity (Wildman–Crippen MR) is 204 cm³/mol. The molecule has 6 aliphatic rings. The van der Waals surface area contributed by atoms with Gasteiger partial charge in [0.2, 0.25) is 0 Å². The van der Waals surface area contributed by atoms with Gasteiger partial charge in [0.15, 0.2) is 5.79 Å². The Morgan fingerprint density at radius 3 is 2.67 bits per heavy atom. The summed E-state index contributed by atoms with van der Waals surface area (Å²) >= 11 is 0. The van der Waals surface area contributed by atoms with E-state index in [9.17, 15) is 19.8 Å². The van der Waals surface area contributed by atoms with Gasteiger partial charge in [-0.2, -0.15) is 0 Å². The fourth-order valence-electron chi connectivity index (χ4n) is 9.55. The zero-order valence-corrected chi connectivity index (χ0v) is 32.5. The lowest BCUT2D eigenvalue weighted by molar-refractivity contribution is -0.335. The van der Waals surface area contributed by atoms with E-state index in [1.807, 2.05) is 24.3 Å². The Morgan fingerprint density at radius 2 is 1.89 bits per heavy atom. The molecule has 0 unspecified atom stereocenters. The number of aliphatic hydroxyl groups is 2. The fraction of sp³-hybridized carbons (Fsp3) is 0.628. The number of carbonyl (C=O) groups is 2. The highest BCUT2D eigenvalue weighted by Gasteiger charge is 2.60. The third kappa shape index (κ3) is 7.60. The number of rotatable bonds is 4. The van der Waals surface area contributed by atoms with Gasteiger partial charge in [-0.15, -0.1) is 0 Å². The Kier molecular flexibility index (Phi) is 11.3. The maximum absolute atomic E-state index is 14.2. The van der Waals surface area contributed by atoms with E-state index in [1.54, 1.807) is 20.0 Å². The van der Waals surface area contributed by atoms with Gasteiger partial charge in [0.1, 0.15) is 29.8 Å². The van der Waals surface area contributed by atoms with E-state index in [-0.39, 0.29) is 43.0 Å². The molecule has 1 aromatic rings. The van der Waals surface area contributed by atoms with E-state index in [0.717, 1.165) is 42.5 Å². The number of carbonyl (C=O) groups excluding carboxylic acids is 2. The molecule has 294 valence electrons. The first-order valence-corrected chi connectivity index (χ1v) is 19.9. The number of hydrogen-bond donors (Lipinski definition) is 4. The number of amides is 2. The van der Waals surface area contributed by atoms with Crippen molar-refractivity contribution in [1.82, 2.24) is 5.32 Å². The molecular formula is C43H58N2O9. The number of anilines is 1.